The summed E-state index contributed by atoms with van der Waals surface area (Å²) in [4.78, 5) is 12.7. The van der Waals surface area contributed by atoms with Gasteiger partial charge in [0.25, 0.3) is 15.9 Å². The Hall–Kier alpha value is -3.43. The van der Waals surface area contributed by atoms with Gasteiger partial charge in [-0.25, -0.2) is 18.2 Å². The minimum atomic E-state index is -4.15. The standard InChI is InChI=1S/C23H21ClFN3O4S/c1-16(17-8-11-19(25)12-9-17)26-27-23(29)15-28(21-14-18(24)10-13-22(21)32-2)33(30,31)20-6-4-3-5-7-20/h3-14H,15H2,1-2H3,(H,27,29)/b26-16+. The normalized spacial score (nSPS) is 11.7. The van der Waals surface area contributed by atoms with E-state index < -0.39 is 28.3 Å². The third kappa shape index (κ3) is 5.88. The number of hydrogen-bond acceptors (Lipinski definition) is 5. The molecule has 0 aliphatic heterocycles. The highest BCUT2D eigenvalue weighted by molar-refractivity contribution is 7.92. The zero-order valence-corrected chi connectivity index (χ0v) is 19.4. The second-order valence-corrected chi connectivity index (χ2v) is 9.18. The van der Waals surface area contributed by atoms with Gasteiger partial charge >= 0.3 is 0 Å². The molecule has 33 heavy (non-hydrogen) atoms. The third-order valence-corrected chi connectivity index (χ3v) is 6.65. The lowest BCUT2D eigenvalue weighted by Crippen LogP contribution is -2.40. The number of nitrogens with zero attached hydrogens (tertiary/aromatic N) is 2. The van der Waals surface area contributed by atoms with E-state index in [9.17, 15) is 17.6 Å². The first-order valence-corrected chi connectivity index (χ1v) is 11.5. The second-order valence-electron chi connectivity index (χ2n) is 6.88. The van der Waals surface area contributed by atoms with Crippen LogP contribution >= 0.6 is 11.6 Å². The molecule has 0 aromatic heterocycles. The number of benzene rings is 3. The third-order valence-electron chi connectivity index (χ3n) is 4.64. The highest BCUT2D eigenvalue weighted by Gasteiger charge is 2.29. The van der Waals surface area contributed by atoms with Crippen molar-refractivity contribution in [3.8, 4) is 5.75 Å². The maximum absolute atomic E-state index is 13.4. The summed E-state index contributed by atoms with van der Waals surface area (Å²) in [6, 6.07) is 17.7. The van der Waals surface area contributed by atoms with Gasteiger partial charge in [-0.2, -0.15) is 5.10 Å². The van der Waals surface area contributed by atoms with E-state index in [0.29, 0.717) is 11.3 Å². The number of sulfonamides is 1. The van der Waals surface area contributed by atoms with E-state index in [4.69, 9.17) is 16.3 Å². The fraction of sp³-hybridized carbons (Fsp3) is 0.130. The van der Waals surface area contributed by atoms with Crippen molar-refractivity contribution in [2.24, 2.45) is 5.10 Å². The maximum Gasteiger partial charge on any atom is 0.264 e. The van der Waals surface area contributed by atoms with Gasteiger partial charge < -0.3 is 4.74 Å². The number of hydrazone groups is 1. The number of ether oxygens (including phenoxy) is 1. The zero-order chi connectivity index (χ0) is 24.0. The number of carbonyl (C=O) groups is 1. The van der Waals surface area contributed by atoms with Crippen molar-refractivity contribution in [1.29, 1.82) is 0 Å². The molecule has 1 N–H and O–H groups in total. The SMILES string of the molecule is COc1ccc(Cl)cc1N(CC(=O)N/N=C(\C)c1ccc(F)cc1)S(=O)(=O)c1ccccc1. The quantitative estimate of drug-likeness (QED) is 0.379. The summed E-state index contributed by atoms with van der Waals surface area (Å²) in [6.07, 6.45) is 0. The Bertz CT molecular complexity index is 1270. The van der Waals surface area contributed by atoms with E-state index in [1.807, 2.05) is 0 Å². The molecule has 1 amide bonds. The minimum absolute atomic E-state index is 0.00850. The van der Waals surface area contributed by atoms with E-state index >= 15 is 0 Å². The van der Waals surface area contributed by atoms with Crippen molar-refractivity contribution in [1.82, 2.24) is 5.43 Å². The van der Waals surface area contributed by atoms with Crippen LogP contribution in [0.15, 0.2) is 82.8 Å². The molecule has 0 fully saturated rings. The lowest BCUT2D eigenvalue weighted by atomic mass is 10.1. The fourth-order valence-electron chi connectivity index (χ4n) is 2.94. The Morgan fingerprint density at radius 3 is 2.39 bits per heavy atom. The number of hydrogen-bond donors (Lipinski definition) is 1. The Labute approximate surface area is 196 Å². The van der Waals surface area contributed by atoms with Crippen molar-refractivity contribution >= 4 is 38.9 Å². The molecule has 0 aliphatic rings. The molecule has 0 aliphatic carbocycles. The van der Waals surface area contributed by atoms with Gasteiger partial charge in [0.1, 0.15) is 18.1 Å². The molecule has 0 bridgehead atoms. The average molecular weight is 490 g/mol. The molecule has 3 aromatic rings. The summed E-state index contributed by atoms with van der Waals surface area (Å²) < 4.78 is 46.2. The van der Waals surface area contributed by atoms with Crippen molar-refractivity contribution in [3.63, 3.8) is 0 Å². The second kappa shape index (κ2) is 10.5. The predicted octanol–water partition coefficient (Wildman–Crippen LogP) is 4.22. The molecule has 0 unspecified atom stereocenters. The molecular formula is C23H21ClFN3O4S. The first-order chi connectivity index (χ1) is 15.7. The lowest BCUT2D eigenvalue weighted by molar-refractivity contribution is -0.119. The molecule has 172 valence electrons. The van der Waals surface area contributed by atoms with E-state index in [0.717, 1.165) is 4.31 Å². The van der Waals surface area contributed by atoms with Crippen LogP contribution in [0.5, 0.6) is 5.75 Å². The molecule has 0 saturated heterocycles. The molecule has 0 radical (unpaired) electrons. The van der Waals surface area contributed by atoms with Gasteiger partial charge in [0.15, 0.2) is 0 Å². The average Bonchev–Trinajstić information content (AvgIpc) is 2.82. The molecule has 0 heterocycles. The molecule has 0 spiro atoms. The number of rotatable bonds is 8. The van der Waals surface area contributed by atoms with Crippen LogP contribution in [0.25, 0.3) is 0 Å². The van der Waals surface area contributed by atoms with Gasteiger partial charge in [-0.3, -0.25) is 9.10 Å². The summed E-state index contributed by atoms with van der Waals surface area (Å²) in [7, 11) is -2.76. The predicted molar refractivity (Wildman–Crippen MR) is 126 cm³/mol. The van der Waals surface area contributed by atoms with Gasteiger partial charge in [-0.05, 0) is 55.0 Å². The molecular weight excluding hydrogens is 469 g/mol. The number of methoxy groups -OCH3 is 1. The highest BCUT2D eigenvalue weighted by atomic mass is 35.5. The first-order valence-electron chi connectivity index (χ1n) is 9.73. The number of anilines is 1. The molecule has 10 heteroatoms. The summed E-state index contributed by atoms with van der Waals surface area (Å²) in [6.45, 7) is 1.04. The van der Waals surface area contributed by atoms with E-state index in [1.165, 1.54) is 55.6 Å². The van der Waals surface area contributed by atoms with Crippen molar-refractivity contribution in [2.75, 3.05) is 18.0 Å². The Morgan fingerprint density at radius 2 is 1.76 bits per heavy atom. The number of carbonyl (C=O) groups excluding carboxylic acids is 1. The minimum Gasteiger partial charge on any atom is -0.495 e. The van der Waals surface area contributed by atoms with Crippen LogP contribution in [-0.2, 0) is 14.8 Å². The summed E-state index contributed by atoms with van der Waals surface area (Å²) in [5.41, 5.74) is 3.46. The Balaban J connectivity index is 1.93. The van der Waals surface area contributed by atoms with Crippen LogP contribution in [0.1, 0.15) is 12.5 Å². The molecule has 3 rings (SSSR count). The molecule has 0 saturated carbocycles. The Morgan fingerprint density at radius 1 is 1.09 bits per heavy atom. The van der Waals surface area contributed by atoms with Gasteiger partial charge in [0.2, 0.25) is 0 Å². The van der Waals surface area contributed by atoms with Crippen molar-refractivity contribution in [2.45, 2.75) is 11.8 Å². The highest BCUT2D eigenvalue weighted by Crippen LogP contribution is 2.34. The smallest absolute Gasteiger partial charge is 0.264 e. The van der Waals surface area contributed by atoms with Gasteiger partial charge in [0, 0.05) is 5.02 Å². The maximum atomic E-state index is 13.4. The van der Waals surface area contributed by atoms with Crippen LogP contribution in [0.2, 0.25) is 5.02 Å². The van der Waals surface area contributed by atoms with Crippen LogP contribution in [0, 0.1) is 5.82 Å². The molecule has 3 aromatic carbocycles. The Kier molecular flexibility index (Phi) is 7.67. The molecule has 0 atom stereocenters. The van der Waals surface area contributed by atoms with Gasteiger partial charge in [-0.15, -0.1) is 0 Å². The van der Waals surface area contributed by atoms with Gasteiger partial charge in [-0.1, -0.05) is 41.9 Å². The number of halogens is 2. The van der Waals surface area contributed by atoms with Gasteiger partial charge in [0.05, 0.1) is 23.4 Å². The van der Waals surface area contributed by atoms with E-state index in [2.05, 4.69) is 10.5 Å². The fourth-order valence-corrected chi connectivity index (χ4v) is 4.56. The largest absolute Gasteiger partial charge is 0.495 e. The van der Waals surface area contributed by atoms with Crippen LogP contribution < -0.4 is 14.5 Å². The summed E-state index contributed by atoms with van der Waals surface area (Å²) in [5.74, 6) is -0.872. The summed E-state index contributed by atoms with van der Waals surface area (Å²) >= 11 is 6.11. The number of amides is 1. The van der Waals surface area contributed by atoms with E-state index in [1.54, 1.807) is 31.2 Å². The van der Waals surface area contributed by atoms with Crippen molar-refractivity contribution < 1.29 is 22.3 Å². The molecule has 7 nitrogen and oxygen atoms in total. The summed E-state index contributed by atoms with van der Waals surface area (Å²) in [5, 5.41) is 4.27. The number of nitrogens with one attached hydrogen (secondary N) is 1. The monoisotopic (exact) mass is 489 g/mol. The van der Waals surface area contributed by atoms with Crippen molar-refractivity contribution in [3.05, 3.63) is 89.2 Å². The lowest BCUT2D eigenvalue weighted by Gasteiger charge is -2.25. The topological polar surface area (TPSA) is 88.1 Å². The van der Waals surface area contributed by atoms with Crippen LogP contribution in [0.3, 0.4) is 0 Å². The van der Waals surface area contributed by atoms with Crippen LogP contribution in [-0.4, -0.2) is 33.7 Å². The van der Waals surface area contributed by atoms with Crippen LogP contribution in [0.4, 0.5) is 10.1 Å². The zero-order valence-electron chi connectivity index (χ0n) is 17.8. The first kappa shape index (κ1) is 24.2. The van der Waals surface area contributed by atoms with E-state index in [-0.39, 0.29) is 21.4 Å².